The molecule has 3 heterocycles. The predicted molar refractivity (Wildman–Crippen MR) is 122 cm³/mol. The van der Waals surface area contributed by atoms with Crippen molar-refractivity contribution in [2.45, 2.75) is 50.2 Å². The Hall–Kier alpha value is -2.52. The average Bonchev–Trinajstić information content (AvgIpc) is 2.83. The van der Waals surface area contributed by atoms with E-state index in [9.17, 15) is 9.59 Å². The quantitative estimate of drug-likeness (QED) is 0.661. The Labute approximate surface area is 195 Å². The van der Waals surface area contributed by atoms with E-state index < -0.39 is 0 Å². The summed E-state index contributed by atoms with van der Waals surface area (Å²) in [6, 6.07) is 4.04. The molecular formula is C24H35N3O6. The normalized spacial score (nSPS) is 25.3. The molecule has 9 nitrogen and oxygen atoms in total. The molecule has 182 valence electrons. The van der Waals surface area contributed by atoms with Gasteiger partial charge >= 0.3 is 0 Å². The number of hydrogen-bond acceptors (Lipinski definition) is 7. The van der Waals surface area contributed by atoms with Crippen molar-refractivity contribution in [1.29, 1.82) is 0 Å². The third-order valence-corrected chi connectivity index (χ3v) is 7.07. The maximum atomic E-state index is 13.1. The molecular weight excluding hydrogens is 426 g/mol. The Morgan fingerprint density at radius 1 is 1.00 bits per heavy atom. The van der Waals surface area contributed by atoms with E-state index >= 15 is 0 Å². The first kappa shape index (κ1) is 23.6. The largest absolute Gasteiger partial charge is 0.493 e. The number of piperidine rings is 2. The van der Waals surface area contributed by atoms with Crippen LogP contribution in [0.3, 0.4) is 0 Å². The monoisotopic (exact) mass is 461 g/mol. The van der Waals surface area contributed by atoms with Crippen LogP contribution in [0.4, 0.5) is 0 Å². The van der Waals surface area contributed by atoms with Gasteiger partial charge < -0.3 is 29.2 Å². The van der Waals surface area contributed by atoms with Gasteiger partial charge in [-0.25, -0.2) is 0 Å². The highest BCUT2D eigenvalue weighted by Gasteiger charge is 2.40. The second kappa shape index (κ2) is 10.6. The SMILES string of the molecule is COc1cc(C(=O)NC2CC3CCCC(C2)N3CC(=O)N2CCOCC2)cc(OC)c1OC. The molecule has 1 aromatic rings. The van der Waals surface area contributed by atoms with Gasteiger partial charge in [-0.05, 0) is 37.8 Å². The number of rotatable bonds is 7. The van der Waals surface area contributed by atoms with E-state index in [1.165, 1.54) is 27.8 Å². The standard InChI is InChI=1S/C24H35N3O6/c1-30-20-11-16(12-21(31-2)23(20)32-3)24(29)25-17-13-18-5-4-6-19(14-17)27(18)15-22(28)26-7-9-33-10-8-26/h11-12,17-19H,4-10,13-15H2,1-3H3,(H,25,29). The molecule has 0 aliphatic carbocycles. The fourth-order valence-electron chi connectivity index (χ4n) is 5.40. The second-order valence-corrected chi connectivity index (χ2v) is 8.96. The number of methoxy groups -OCH3 is 3. The molecule has 4 rings (SSSR count). The number of ether oxygens (including phenoxy) is 4. The highest BCUT2D eigenvalue weighted by Crippen LogP contribution is 2.38. The van der Waals surface area contributed by atoms with Crippen LogP contribution in [0.5, 0.6) is 17.2 Å². The first-order valence-corrected chi connectivity index (χ1v) is 11.8. The molecule has 3 saturated heterocycles. The van der Waals surface area contributed by atoms with Crippen LogP contribution in [0.2, 0.25) is 0 Å². The minimum absolute atomic E-state index is 0.0710. The zero-order chi connectivity index (χ0) is 23.4. The molecule has 0 aromatic heterocycles. The van der Waals surface area contributed by atoms with Crippen molar-refractivity contribution >= 4 is 11.8 Å². The number of fused-ring (bicyclic) bond motifs is 2. The Balaban J connectivity index is 1.41. The first-order chi connectivity index (χ1) is 16.0. The van der Waals surface area contributed by atoms with Crippen LogP contribution < -0.4 is 19.5 Å². The van der Waals surface area contributed by atoms with Crippen molar-refractivity contribution < 1.29 is 28.5 Å². The molecule has 0 spiro atoms. The molecule has 3 fully saturated rings. The minimum atomic E-state index is -0.157. The lowest BCUT2D eigenvalue weighted by molar-refractivity contribution is -0.139. The minimum Gasteiger partial charge on any atom is -0.493 e. The molecule has 2 bridgehead atoms. The van der Waals surface area contributed by atoms with Gasteiger partial charge in [0.15, 0.2) is 11.5 Å². The van der Waals surface area contributed by atoms with Crippen LogP contribution in [-0.4, -0.2) is 93.9 Å². The van der Waals surface area contributed by atoms with Gasteiger partial charge in [0, 0.05) is 36.8 Å². The molecule has 3 aliphatic rings. The highest BCUT2D eigenvalue weighted by atomic mass is 16.5. The number of nitrogens with zero attached hydrogens (tertiary/aromatic N) is 2. The molecule has 2 atom stereocenters. The number of amides is 2. The fourth-order valence-corrected chi connectivity index (χ4v) is 5.40. The molecule has 3 aliphatic heterocycles. The lowest BCUT2D eigenvalue weighted by Gasteiger charge is -2.49. The topological polar surface area (TPSA) is 89.6 Å². The van der Waals surface area contributed by atoms with Crippen molar-refractivity contribution in [3.63, 3.8) is 0 Å². The van der Waals surface area contributed by atoms with Gasteiger partial charge in [0.1, 0.15) is 0 Å². The number of morpholine rings is 1. The van der Waals surface area contributed by atoms with Gasteiger partial charge in [-0.1, -0.05) is 6.42 Å². The second-order valence-electron chi connectivity index (χ2n) is 8.96. The van der Waals surface area contributed by atoms with E-state index in [4.69, 9.17) is 18.9 Å². The van der Waals surface area contributed by atoms with Gasteiger partial charge in [0.05, 0.1) is 41.1 Å². The molecule has 33 heavy (non-hydrogen) atoms. The summed E-state index contributed by atoms with van der Waals surface area (Å²) < 4.78 is 21.5. The molecule has 0 radical (unpaired) electrons. The molecule has 2 unspecified atom stereocenters. The Morgan fingerprint density at radius 2 is 1.61 bits per heavy atom. The number of hydrogen-bond donors (Lipinski definition) is 1. The smallest absolute Gasteiger partial charge is 0.251 e. The molecule has 1 N–H and O–H groups in total. The summed E-state index contributed by atoms with van der Waals surface area (Å²) in [5.74, 6) is 1.40. The summed E-state index contributed by atoms with van der Waals surface area (Å²) in [6.45, 7) is 3.05. The van der Waals surface area contributed by atoms with Crippen LogP contribution in [0, 0.1) is 0 Å². The molecule has 9 heteroatoms. The fraction of sp³-hybridized carbons (Fsp3) is 0.667. The summed E-state index contributed by atoms with van der Waals surface area (Å²) in [5.41, 5.74) is 0.472. The lowest BCUT2D eigenvalue weighted by Crippen LogP contribution is -2.59. The molecule has 2 amide bonds. The van der Waals surface area contributed by atoms with Crippen LogP contribution in [0.25, 0.3) is 0 Å². The Kier molecular flexibility index (Phi) is 7.60. The Bertz CT molecular complexity index is 818. The third kappa shape index (κ3) is 5.19. The number of carbonyl (C=O) groups is 2. The maximum Gasteiger partial charge on any atom is 0.251 e. The molecule has 0 saturated carbocycles. The maximum absolute atomic E-state index is 13.1. The van der Waals surface area contributed by atoms with Gasteiger partial charge in [0.25, 0.3) is 5.91 Å². The number of benzene rings is 1. The van der Waals surface area contributed by atoms with Crippen LogP contribution >= 0.6 is 0 Å². The number of carbonyl (C=O) groups excluding carboxylic acids is 2. The third-order valence-electron chi connectivity index (χ3n) is 7.07. The zero-order valence-electron chi connectivity index (χ0n) is 19.8. The van der Waals surface area contributed by atoms with Gasteiger partial charge in [-0.2, -0.15) is 0 Å². The van der Waals surface area contributed by atoms with E-state index in [0.29, 0.717) is 67.7 Å². The summed E-state index contributed by atoms with van der Waals surface area (Å²) in [4.78, 5) is 30.2. The van der Waals surface area contributed by atoms with Crippen molar-refractivity contribution in [3.05, 3.63) is 17.7 Å². The Morgan fingerprint density at radius 3 is 2.15 bits per heavy atom. The van der Waals surface area contributed by atoms with Crippen molar-refractivity contribution in [1.82, 2.24) is 15.1 Å². The lowest BCUT2D eigenvalue weighted by atomic mass is 9.81. The van der Waals surface area contributed by atoms with Crippen molar-refractivity contribution in [3.8, 4) is 17.2 Å². The van der Waals surface area contributed by atoms with Crippen molar-refractivity contribution in [2.75, 3.05) is 54.2 Å². The molecule has 1 aromatic carbocycles. The van der Waals surface area contributed by atoms with Gasteiger partial charge in [-0.3, -0.25) is 14.5 Å². The van der Waals surface area contributed by atoms with E-state index in [1.807, 2.05) is 4.90 Å². The van der Waals surface area contributed by atoms with Gasteiger partial charge in [-0.15, -0.1) is 0 Å². The summed E-state index contributed by atoms with van der Waals surface area (Å²) in [7, 11) is 4.61. The van der Waals surface area contributed by atoms with E-state index in [-0.39, 0.29) is 17.9 Å². The average molecular weight is 462 g/mol. The summed E-state index contributed by atoms with van der Waals surface area (Å²) in [6.07, 6.45) is 4.99. The highest BCUT2D eigenvalue weighted by molar-refractivity contribution is 5.95. The van der Waals surface area contributed by atoms with Crippen LogP contribution in [0.1, 0.15) is 42.5 Å². The first-order valence-electron chi connectivity index (χ1n) is 11.8. The summed E-state index contributed by atoms with van der Waals surface area (Å²) in [5, 5.41) is 3.21. The van der Waals surface area contributed by atoms with E-state index in [2.05, 4.69) is 10.2 Å². The predicted octanol–water partition coefficient (Wildman–Crippen LogP) is 1.69. The van der Waals surface area contributed by atoms with Crippen LogP contribution in [-0.2, 0) is 9.53 Å². The van der Waals surface area contributed by atoms with E-state index in [1.54, 1.807) is 12.1 Å². The van der Waals surface area contributed by atoms with Gasteiger partial charge in [0.2, 0.25) is 11.7 Å². The zero-order valence-corrected chi connectivity index (χ0v) is 19.8. The summed E-state index contributed by atoms with van der Waals surface area (Å²) >= 11 is 0. The number of nitrogens with one attached hydrogen (secondary N) is 1. The van der Waals surface area contributed by atoms with E-state index in [0.717, 1.165) is 25.7 Å². The van der Waals surface area contributed by atoms with Crippen LogP contribution in [0.15, 0.2) is 12.1 Å². The van der Waals surface area contributed by atoms with Crippen molar-refractivity contribution in [2.24, 2.45) is 0 Å².